The molecule has 2 aliphatic heterocycles. The van der Waals surface area contributed by atoms with Gasteiger partial charge in [-0.3, -0.25) is 4.79 Å². The maximum absolute atomic E-state index is 12.4. The molecule has 0 unspecified atom stereocenters. The first-order chi connectivity index (χ1) is 12.2. The SMILES string of the molecule is CCOc1ccc(NC(=O)c2ccc([C@H]3O[C@@H]4CN[C@H]3C4)cc2)cc1. The fraction of sp³-hybridized carbons (Fsp3) is 0.350. The number of carbonyl (C=O) groups excluding carboxylic acids is 1. The van der Waals surface area contributed by atoms with Crippen LogP contribution in [-0.2, 0) is 4.74 Å². The summed E-state index contributed by atoms with van der Waals surface area (Å²) in [7, 11) is 0. The number of fused-ring (bicyclic) bond motifs is 2. The normalized spacial score (nSPS) is 24.3. The van der Waals surface area contributed by atoms with E-state index in [0.717, 1.165) is 30.0 Å². The number of morpholine rings is 1. The van der Waals surface area contributed by atoms with Crippen LogP contribution < -0.4 is 15.4 Å². The van der Waals surface area contributed by atoms with E-state index in [9.17, 15) is 4.79 Å². The van der Waals surface area contributed by atoms with Gasteiger partial charge in [0, 0.05) is 23.8 Å². The maximum Gasteiger partial charge on any atom is 0.255 e. The first-order valence-corrected chi connectivity index (χ1v) is 8.76. The third-order valence-corrected chi connectivity index (χ3v) is 4.75. The Morgan fingerprint density at radius 1 is 1.20 bits per heavy atom. The lowest BCUT2D eigenvalue weighted by Gasteiger charge is -2.23. The molecule has 3 atom stereocenters. The predicted molar refractivity (Wildman–Crippen MR) is 96.0 cm³/mol. The Kier molecular flexibility index (Phi) is 4.42. The van der Waals surface area contributed by atoms with Gasteiger partial charge in [-0.25, -0.2) is 0 Å². The van der Waals surface area contributed by atoms with E-state index in [1.807, 2.05) is 55.5 Å². The summed E-state index contributed by atoms with van der Waals surface area (Å²) in [5.41, 5.74) is 2.50. The number of rotatable bonds is 5. The molecule has 0 aliphatic carbocycles. The van der Waals surface area contributed by atoms with E-state index in [1.165, 1.54) is 0 Å². The molecule has 2 fully saturated rings. The molecular weight excluding hydrogens is 316 g/mol. The predicted octanol–water partition coefficient (Wildman–Crippen LogP) is 3.14. The third-order valence-electron chi connectivity index (χ3n) is 4.75. The van der Waals surface area contributed by atoms with Gasteiger partial charge in [-0.05, 0) is 55.3 Å². The molecule has 1 amide bonds. The van der Waals surface area contributed by atoms with Crippen molar-refractivity contribution in [2.45, 2.75) is 31.6 Å². The summed E-state index contributed by atoms with van der Waals surface area (Å²) in [6, 6.07) is 15.5. The van der Waals surface area contributed by atoms with Crippen molar-refractivity contribution in [2.75, 3.05) is 18.5 Å². The summed E-state index contributed by atoms with van der Waals surface area (Å²) >= 11 is 0. The van der Waals surface area contributed by atoms with Gasteiger partial charge in [0.05, 0.1) is 18.8 Å². The summed E-state index contributed by atoms with van der Waals surface area (Å²) in [5.74, 6) is 0.673. The van der Waals surface area contributed by atoms with Crippen molar-refractivity contribution < 1.29 is 14.3 Å². The second-order valence-electron chi connectivity index (χ2n) is 6.46. The molecule has 130 valence electrons. The van der Waals surface area contributed by atoms with Gasteiger partial charge in [0.2, 0.25) is 0 Å². The number of amides is 1. The van der Waals surface area contributed by atoms with Gasteiger partial charge in [-0.15, -0.1) is 0 Å². The fourth-order valence-electron chi connectivity index (χ4n) is 3.51. The van der Waals surface area contributed by atoms with Crippen molar-refractivity contribution in [3.05, 3.63) is 59.7 Å². The minimum atomic E-state index is -0.123. The highest BCUT2D eigenvalue weighted by Gasteiger charge is 2.41. The van der Waals surface area contributed by atoms with Crippen molar-refractivity contribution in [1.29, 1.82) is 0 Å². The zero-order valence-electron chi connectivity index (χ0n) is 14.2. The molecule has 4 rings (SSSR count). The number of hydrogen-bond donors (Lipinski definition) is 2. The van der Waals surface area contributed by atoms with E-state index >= 15 is 0 Å². The largest absolute Gasteiger partial charge is 0.494 e. The Bertz CT molecular complexity index is 743. The monoisotopic (exact) mass is 338 g/mol. The summed E-state index contributed by atoms with van der Waals surface area (Å²) < 4.78 is 11.4. The molecule has 2 aromatic rings. The number of benzene rings is 2. The molecule has 2 aromatic carbocycles. The van der Waals surface area contributed by atoms with E-state index in [1.54, 1.807) is 0 Å². The number of nitrogens with one attached hydrogen (secondary N) is 2. The lowest BCUT2D eigenvalue weighted by molar-refractivity contribution is 0.0160. The van der Waals surface area contributed by atoms with Gasteiger partial charge in [0.25, 0.3) is 5.91 Å². The summed E-state index contributed by atoms with van der Waals surface area (Å²) in [6.07, 6.45) is 1.50. The van der Waals surface area contributed by atoms with Gasteiger partial charge in [-0.2, -0.15) is 0 Å². The van der Waals surface area contributed by atoms with E-state index in [0.29, 0.717) is 24.3 Å². The Balaban J connectivity index is 1.40. The molecular formula is C20H22N2O3. The van der Waals surface area contributed by atoms with Crippen molar-refractivity contribution in [2.24, 2.45) is 0 Å². The summed E-state index contributed by atoms with van der Waals surface area (Å²) in [5, 5.41) is 6.38. The zero-order chi connectivity index (χ0) is 17.2. The highest BCUT2D eigenvalue weighted by Crippen LogP contribution is 2.36. The second kappa shape index (κ2) is 6.86. The van der Waals surface area contributed by atoms with Crippen LogP contribution in [0.5, 0.6) is 5.75 Å². The highest BCUT2D eigenvalue weighted by molar-refractivity contribution is 6.04. The lowest BCUT2D eigenvalue weighted by atomic mass is 10.0. The molecule has 0 radical (unpaired) electrons. The van der Waals surface area contributed by atoms with Crippen molar-refractivity contribution in [3.8, 4) is 5.75 Å². The van der Waals surface area contributed by atoms with Gasteiger partial charge in [-0.1, -0.05) is 12.1 Å². The number of hydrogen-bond acceptors (Lipinski definition) is 4. The lowest BCUT2D eigenvalue weighted by Crippen LogP contribution is -2.34. The first kappa shape index (κ1) is 16.1. The van der Waals surface area contributed by atoms with Crippen LogP contribution in [0.25, 0.3) is 0 Å². The fourth-order valence-corrected chi connectivity index (χ4v) is 3.51. The van der Waals surface area contributed by atoms with Crippen molar-refractivity contribution in [3.63, 3.8) is 0 Å². The van der Waals surface area contributed by atoms with Crippen LogP contribution in [0.15, 0.2) is 48.5 Å². The average Bonchev–Trinajstić information content (AvgIpc) is 3.27. The van der Waals surface area contributed by atoms with Crippen LogP contribution in [0.4, 0.5) is 5.69 Å². The maximum atomic E-state index is 12.4. The van der Waals surface area contributed by atoms with E-state index in [4.69, 9.17) is 9.47 Å². The Hall–Kier alpha value is -2.37. The Morgan fingerprint density at radius 2 is 1.96 bits per heavy atom. The van der Waals surface area contributed by atoms with Crippen LogP contribution in [-0.4, -0.2) is 31.2 Å². The molecule has 25 heavy (non-hydrogen) atoms. The van der Waals surface area contributed by atoms with Gasteiger partial charge in [0.1, 0.15) is 5.75 Å². The van der Waals surface area contributed by atoms with E-state index < -0.39 is 0 Å². The molecule has 2 saturated heterocycles. The smallest absolute Gasteiger partial charge is 0.255 e. The quantitative estimate of drug-likeness (QED) is 0.879. The molecule has 5 heteroatoms. The first-order valence-electron chi connectivity index (χ1n) is 8.76. The van der Waals surface area contributed by atoms with Crippen molar-refractivity contribution >= 4 is 11.6 Å². The number of anilines is 1. The van der Waals surface area contributed by atoms with Crippen LogP contribution in [0.2, 0.25) is 0 Å². The minimum absolute atomic E-state index is 0.0990. The Morgan fingerprint density at radius 3 is 2.56 bits per heavy atom. The highest BCUT2D eigenvalue weighted by atomic mass is 16.5. The van der Waals surface area contributed by atoms with E-state index in [2.05, 4.69) is 10.6 Å². The van der Waals surface area contributed by atoms with Crippen LogP contribution in [0.3, 0.4) is 0 Å². The number of ether oxygens (including phenoxy) is 2. The van der Waals surface area contributed by atoms with Crippen LogP contribution >= 0.6 is 0 Å². The standard InChI is InChI=1S/C20H22N2O3/c1-2-24-16-9-7-15(8-10-16)22-20(23)14-5-3-13(4-6-14)19-18-11-17(25-19)12-21-18/h3-10,17-19,21H,2,11-12H2,1H3,(H,22,23)/t17-,18-,19+/m0/s1. The van der Waals surface area contributed by atoms with Gasteiger partial charge >= 0.3 is 0 Å². The minimum Gasteiger partial charge on any atom is -0.494 e. The third kappa shape index (κ3) is 3.38. The molecule has 2 N–H and O–H groups in total. The topological polar surface area (TPSA) is 59.6 Å². The van der Waals surface area contributed by atoms with Gasteiger partial charge < -0.3 is 20.1 Å². The molecule has 2 aliphatic rings. The van der Waals surface area contributed by atoms with Gasteiger partial charge in [0.15, 0.2) is 0 Å². The van der Waals surface area contributed by atoms with E-state index in [-0.39, 0.29) is 12.0 Å². The summed E-state index contributed by atoms with van der Waals surface area (Å²) in [4.78, 5) is 12.4. The second-order valence-corrected chi connectivity index (χ2v) is 6.46. The average molecular weight is 338 g/mol. The number of carbonyl (C=O) groups is 1. The molecule has 2 heterocycles. The molecule has 5 nitrogen and oxygen atoms in total. The Labute approximate surface area is 147 Å². The molecule has 0 spiro atoms. The van der Waals surface area contributed by atoms with Crippen molar-refractivity contribution in [1.82, 2.24) is 5.32 Å². The molecule has 2 bridgehead atoms. The van der Waals surface area contributed by atoms with Crippen LogP contribution in [0, 0.1) is 0 Å². The molecule has 0 aromatic heterocycles. The molecule has 0 saturated carbocycles. The van der Waals surface area contributed by atoms with Crippen LogP contribution in [0.1, 0.15) is 35.4 Å². The zero-order valence-corrected chi connectivity index (χ0v) is 14.2. The summed E-state index contributed by atoms with van der Waals surface area (Å²) in [6.45, 7) is 3.51.